The van der Waals surface area contributed by atoms with Crippen LogP contribution in [-0.2, 0) is 14.0 Å². The summed E-state index contributed by atoms with van der Waals surface area (Å²) in [6, 6.07) is 4.94. The van der Waals surface area contributed by atoms with Crippen molar-refractivity contribution in [3.8, 4) is 0 Å². The molecule has 0 aromatic heterocycles. The molecule has 1 aliphatic rings. The normalized spacial score (nSPS) is 19.9. The maximum Gasteiger partial charge on any atom is 0.496 e. The zero-order valence-corrected chi connectivity index (χ0v) is 12.5. The van der Waals surface area contributed by atoms with Crippen molar-refractivity contribution in [1.29, 1.82) is 0 Å². The second-order valence-corrected chi connectivity index (χ2v) is 5.92. The Labute approximate surface area is 119 Å². The van der Waals surface area contributed by atoms with E-state index in [0.717, 1.165) is 0 Å². The second kappa shape index (κ2) is 4.79. The van der Waals surface area contributed by atoms with E-state index in [2.05, 4.69) is 0 Å². The van der Waals surface area contributed by atoms with Gasteiger partial charge in [0, 0.05) is 11.2 Å². The lowest BCUT2D eigenvalue weighted by molar-refractivity contribution is 0.00578. The molecule has 2 N–H and O–H groups in total. The van der Waals surface area contributed by atoms with E-state index in [4.69, 9.17) is 19.8 Å². The number of hydrogen-bond donors (Lipinski definition) is 1. The smallest absolute Gasteiger partial charge is 0.465 e. The molecular weight excluding hydrogens is 257 g/mol. The number of nitrogens with two attached hydrogens (primary N) is 1. The van der Waals surface area contributed by atoms with Gasteiger partial charge in [0.25, 0.3) is 0 Å². The molecule has 1 aliphatic heterocycles. The number of anilines is 1. The van der Waals surface area contributed by atoms with Crippen molar-refractivity contribution in [3.05, 3.63) is 23.8 Å². The highest BCUT2D eigenvalue weighted by molar-refractivity contribution is 6.64. The lowest BCUT2D eigenvalue weighted by atomic mass is 9.77. The first kappa shape index (κ1) is 14.9. The Kier molecular flexibility index (Phi) is 3.56. The number of rotatable bonds is 2. The number of methoxy groups -OCH3 is 1. The summed E-state index contributed by atoms with van der Waals surface area (Å²) in [7, 11) is 0.747. The average molecular weight is 277 g/mol. The van der Waals surface area contributed by atoms with Crippen LogP contribution in [0.15, 0.2) is 18.2 Å². The Hall–Kier alpha value is -1.53. The second-order valence-electron chi connectivity index (χ2n) is 5.92. The summed E-state index contributed by atoms with van der Waals surface area (Å²) in [6.07, 6.45) is 0. The summed E-state index contributed by atoms with van der Waals surface area (Å²) in [4.78, 5) is 11.6. The van der Waals surface area contributed by atoms with Crippen LogP contribution in [0, 0.1) is 0 Å². The molecule has 20 heavy (non-hydrogen) atoms. The molecule has 1 aromatic rings. The highest BCUT2D eigenvalue weighted by atomic mass is 16.7. The standard InChI is InChI=1S/C14H20BNO4/c1-13(2)14(3,4)20-15(19-13)10-8-9(12(17)18-5)6-7-11(10)16/h6-8H,16H2,1-5H3. The third-order valence-electron chi connectivity index (χ3n) is 4.02. The third kappa shape index (κ3) is 2.41. The number of nitrogen functional groups attached to an aromatic ring is 1. The van der Waals surface area contributed by atoms with Crippen LogP contribution in [0.1, 0.15) is 38.1 Å². The summed E-state index contributed by atoms with van der Waals surface area (Å²) in [5, 5.41) is 0. The minimum absolute atomic E-state index is 0.414. The SMILES string of the molecule is COC(=O)c1ccc(N)c(B2OC(C)(C)C(C)(C)O2)c1. The minimum Gasteiger partial charge on any atom is -0.465 e. The van der Waals surface area contributed by atoms with Gasteiger partial charge in [-0.2, -0.15) is 0 Å². The zero-order chi connectivity index (χ0) is 15.1. The molecule has 0 unspecified atom stereocenters. The number of carbonyl (C=O) groups is 1. The van der Waals surface area contributed by atoms with Crippen LogP contribution in [0.2, 0.25) is 0 Å². The molecule has 1 aromatic carbocycles. The van der Waals surface area contributed by atoms with Gasteiger partial charge in [0.05, 0.1) is 23.9 Å². The third-order valence-corrected chi connectivity index (χ3v) is 4.02. The maximum atomic E-state index is 11.6. The van der Waals surface area contributed by atoms with Gasteiger partial charge in [0.2, 0.25) is 0 Å². The van der Waals surface area contributed by atoms with E-state index in [-0.39, 0.29) is 0 Å². The molecule has 0 spiro atoms. The van der Waals surface area contributed by atoms with Gasteiger partial charge in [0.1, 0.15) is 0 Å². The minimum atomic E-state index is -0.593. The van der Waals surface area contributed by atoms with Crippen LogP contribution < -0.4 is 11.2 Å². The molecule has 108 valence electrons. The molecule has 0 aliphatic carbocycles. The lowest BCUT2D eigenvalue weighted by Crippen LogP contribution is -2.41. The van der Waals surface area contributed by atoms with E-state index in [1.54, 1.807) is 18.2 Å². The first-order chi connectivity index (χ1) is 9.18. The quantitative estimate of drug-likeness (QED) is 0.502. The Morgan fingerprint density at radius 1 is 1.20 bits per heavy atom. The van der Waals surface area contributed by atoms with E-state index < -0.39 is 24.3 Å². The average Bonchev–Trinajstić information content (AvgIpc) is 2.58. The fraction of sp³-hybridized carbons (Fsp3) is 0.500. The Bertz CT molecular complexity index is 526. The van der Waals surface area contributed by atoms with Gasteiger partial charge in [-0.05, 0) is 45.9 Å². The van der Waals surface area contributed by atoms with Crippen molar-refractivity contribution in [3.63, 3.8) is 0 Å². The molecule has 6 heteroatoms. The molecule has 0 bridgehead atoms. The van der Waals surface area contributed by atoms with Gasteiger partial charge in [-0.15, -0.1) is 0 Å². The molecule has 1 heterocycles. The maximum absolute atomic E-state index is 11.6. The lowest BCUT2D eigenvalue weighted by Gasteiger charge is -2.32. The van der Waals surface area contributed by atoms with Crippen LogP contribution in [-0.4, -0.2) is 31.4 Å². The Morgan fingerprint density at radius 3 is 2.25 bits per heavy atom. The van der Waals surface area contributed by atoms with Crippen molar-refractivity contribution in [2.45, 2.75) is 38.9 Å². The predicted molar refractivity (Wildman–Crippen MR) is 77.9 cm³/mol. The first-order valence-corrected chi connectivity index (χ1v) is 6.51. The van der Waals surface area contributed by atoms with Gasteiger partial charge in [-0.3, -0.25) is 0 Å². The molecule has 0 atom stereocenters. The van der Waals surface area contributed by atoms with Crippen LogP contribution in [0.25, 0.3) is 0 Å². The van der Waals surface area contributed by atoms with Crippen molar-refractivity contribution < 1.29 is 18.8 Å². The van der Waals surface area contributed by atoms with Gasteiger partial charge in [0.15, 0.2) is 0 Å². The molecule has 0 saturated carbocycles. The molecule has 0 amide bonds. The van der Waals surface area contributed by atoms with Crippen molar-refractivity contribution in [2.24, 2.45) is 0 Å². The molecule has 1 fully saturated rings. The Morgan fingerprint density at radius 2 is 1.75 bits per heavy atom. The van der Waals surface area contributed by atoms with Gasteiger partial charge in [-0.25, -0.2) is 4.79 Å². The number of ether oxygens (including phenoxy) is 1. The highest BCUT2D eigenvalue weighted by Crippen LogP contribution is 2.36. The summed E-state index contributed by atoms with van der Waals surface area (Å²) in [6.45, 7) is 7.86. The summed E-state index contributed by atoms with van der Waals surface area (Å²) < 4.78 is 16.6. The van der Waals surface area contributed by atoms with E-state index in [0.29, 0.717) is 16.7 Å². The summed E-state index contributed by atoms with van der Waals surface area (Å²) in [5.41, 5.74) is 6.66. The van der Waals surface area contributed by atoms with Gasteiger partial charge >= 0.3 is 13.1 Å². The van der Waals surface area contributed by atoms with Crippen LogP contribution >= 0.6 is 0 Å². The predicted octanol–water partition coefficient (Wildman–Crippen LogP) is 1.35. The molecule has 5 nitrogen and oxygen atoms in total. The Balaban J connectivity index is 2.37. The number of carbonyl (C=O) groups excluding carboxylic acids is 1. The summed E-state index contributed by atoms with van der Waals surface area (Å²) in [5.74, 6) is -0.414. The fourth-order valence-electron chi connectivity index (χ4n) is 1.99. The zero-order valence-electron chi connectivity index (χ0n) is 12.5. The molecule has 1 saturated heterocycles. The van der Waals surface area contributed by atoms with Crippen LogP contribution in [0.3, 0.4) is 0 Å². The number of esters is 1. The summed E-state index contributed by atoms with van der Waals surface area (Å²) >= 11 is 0. The fourth-order valence-corrected chi connectivity index (χ4v) is 1.99. The van der Waals surface area contributed by atoms with E-state index in [1.165, 1.54) is 7.11 Å². The first-order valence-electron chi connectivity index (χ1n) is 6.51. The highest BCUT2D eigenvalue weighted by Gasteiger charge is 2.52. The van der Waals surface area contributed by atoms with Crippen molar-refractivity contribution in [2.75, 3.05) is 12.8 Å². The van der Waals surface area contributed by atoms with E-state index in [1.807, 2.05) is 27.7 Å². The molecular formula is C14H20BNO4. The monoisotopic (exact) mass is 277 g/mol. The van der Waals surface area contributed by atoms with E-state index in [9.17, 15) is 4.79 Å². The van der Waals surface area contributed by atoms with E-state index >= 15 is 0 Å². The molecule has 2 rings (SSSR count). The van der Waals surface area contributed by atoms with Crippen LogP contribution in [0.5, 0.6) is 0 Å². The van der Waals surface area contributed by atoms with Gasteiger partial charge in [-0.1, -0.05) is 0 Å². The topological polar surface area (TPSA) is 70.8 Å². The number of hydrogen-bond acceptors (Lipinski definition) is 5. The number of benzene rings is 1. The van der Waals surface area contributed by atoms with Crippen molar-refractivity contribution in [1.82, 2.24) is 0 Å². The van der Waals surface area contributed by atoms with Crippen LogP contribution in [0.4, 0.5) is 5.69 Å². The largest absolute Gasteiger partial charge is 0.496 e. The molecule has 0 radical (unpaired) electrons. The van der Waals surface area contributed by atoms with Crippen molar-refractivity contribution >= 4 is 24.2 Å². The van der Waals surface area contributed by atoms with Gasteiger partial charge < -0.3 is 19.8 Å².